The number of hydrogen-bond donors (Lipinski definition) is 1. The van der Waals surface area contributed by atoms with Gasteiger partial charge in [0.1, 0.15) is 12.4 Å². The van der Waals surface area contributed by atoms with Gasteiger partial charge < -0.3 is 14.8 Å². The van der Waals surface area contributed by atoms with Crippen molar-refractivity contribution in [3.05, 3.63) is 86.6 Å². The SMILES string of the molecule is CCOc1cc(CNc2ccc(C)cc2)c(Br)cc1OCc1ccc(F)cc1Cl. The van der Waals surface area contributed by atoms with Crippen LogP contribution in [-0.4, -0.2) is 6.61 Å². The first-order valence-corrected chi connectivity index (χ1v) is 10.5. The second-order valence-corrected chi connectivity index (χ2v) is 7.83. The van der Waals surface area contributed by atoms with Gasteiger partial charge in [0.15, 0.2) is 11.5 Å². The minimum absolute atomic E-state index is 0.215. The fraction of sp³-hybridized carbons (Fsp3) is 0.217. The molecule has 0 fully saturated rings. The maximum Gasteiger partial charge on any atom is 0.162 e. The molecule has 3 nitrogen and oxygen atoms in total. The van der Waals surface area contributed by atoms with Gasteiger partial charge in [-0.15, -0.1) is 0 Å². The monoisotopic (exact) mass is 477 g/mol. The van der Waals surface area contributed by atoms with Gasteiger partial charge in [-0.2, -0.15) is 0 Å². The summed E-state index contributed by atoms with van der Waals surface area (Å²) in [6.45, 7) is 5.35. The Morgan fingerprint density at radius 2 is 1.69 bits per heavy atom. The number of benzene rings is 3. The Balaban J connectivity index is 1.75. The quantitative estimate of drug-likeness (QED) is 0.373. The van der Waals surface area contributed by atoms with Crippen molar-refractivity contribution in [2.45, 2.75) is 27.0 Å². The summed E-state index contributed by atoms with van der Waals surface area (Å²) in [5.74, 6) is 0.870. The van der Waals surface area contributed by atoms with Crippen LogP contribution < -0.4 is 14.8 Å². The van der Waals surface area contributed by atoms with Crippen LogP contribution in [0.25, 0.3) is 0 Å². The van der Waals surface area contributed by atoms with Gasteiger partial charge in [-0.1, -0.05) is 51.3 Å². The fourth-order valence-corrected chi connectivity index (χ4v) is 3.44. The summed E-state index contributed by atoms with van der Waals surface area (Å²) in [5, 5.41) is 3.74. The molecule has 152 valence electrons. The van der Waals surface area contributed by atoms with Crippen LogP contribution in [0.1, 0.15) is 23.6 Å². The largest absolute Gasteiger partial charge is 0.490 e. The van der Waals surface area contributed by atoms with Gasteiger partial charge in [-0.3, -0.25) is 0 Å². The molecule has 1 N–H and O–H groups in total. The number of ether oxygens (including phenoxy) is 2. The van der Waals surface area contributed by atoms with Gasteiger partial charge in [-0.25, -0.2) is 4.39 Å². The van der Waals surface area contributed by atoms with Crippen LogP contribution in [0.2, 0.25) is 5.02 Å². The van der Waals surface area contributed by atoms with E-state index in [4.69, 9.17) is 21.1 Å². The summed E-state index contributed by atoms with van der Waals surface area (Å²) in [7, 11) is 0. The van der Waals surface area contributed by atoms with Crippen molar-refractivity contribution < 1.29 is 13.9 Å². The third-order valence-electron chi connectivity index (χ3n) is 4.35. The van der Waals surface area contributed by atoms with E-state index >= 15 is 0 Å². The second kappa shape index (κ2) is 9.99. The molecule has 0 aromatic heterocycles. The summed E-state index contributed by atoms with van der Waals surface area (Å²) in [6, 6.07) is 16.3. The van der Waals surface area contributed by atoms with Gasteiger partial charge >= 0.3 is 0 Å². The lowest BCUT2D eigenvalue weighted by Crippen LogP contribution is -2.04. The minimum Gasteiger partial charge on any atom is -0.490 e. The van der Waals surface area contributed by atoms with E-state index in [0.717, 1.165) is 15.7 Å². The molecular weight excluding hydrogens is 457 g/mol. The highest BCUT2D eigenvalue weighted by Gasteiger charge is 2.12. The molecule has 0 atom stereocenters. The topological polar surface area (TPSA) is 30.5 Å². The maximum absolute atomic E-state index is 13.2. The molecule has 3 aromatic carbocycles. The van der Waals surface area contributed by atoms with Crippen LogP contribution >= 0.6 is 27.5 Å². The number of halogens is 3. The zero-order valence-electron chi connectivity index (χ0n) is 16.3. The average Bonchev–Trinajstić information content (AvgIpc) is 2.69. The molecule has 0 aliphatic carbocycles. The van der Waals surface area contributed by atoms with Crippen LogP contribution in [-0.2, 0) is 13.2 Å². The molecule has 0 saturated heterocycles. The zero-order chi connectivity index (χ0) is 20.8. The van der Waals surface area contributed by atoms with Crippen molar-refractivity contribution in [1.29, 1.82) is 0 Å². The van der Waals surface area contributed by atoms with Crippen LogP contribution in [0.5, 0.6) is 11.5 Å². The Labute approximate surface area is 183 Å². The fourth-order valence-electron chi connectivity index (χ4n) is 2.76. The van der Waals surface area contributed by atoms with E-state index in [1.807, 2.05) is 19.1 Å². The van der Waals surface area contributed by atoms with Gasteiger partial charge in [0.05, 0.1) is 11.6 Å². The normalized spacial score (nSPS) is 10.7. The first kappa shape index (κ1) is 21.5. The molecular formula is C23H22BrClFNO2. The Bertz CT molecular complexity index is 979. The Morgan fingerprint density at radius 1 is 0.966 bits per heavy atom. The minimum atomic E-state index is -0.373. The third kappa shape index (κ3) is 5.87. The smallest absolute Gasteiger partial charge is 0.162 e. The van der Waals surface area contributed by atoms with Crippen LogP contribution in [0.15, 0.2) is 59.1 Å². The van der Waals surface area contributed by atoms with E-state index < -0.39 is 0 Å². The predicted molar refractivity (Wildman–Crippen MR) is 120 cm³/mol. The number of nitrogens with one attached hydrogen (secondary N) is 1. The van der Waals surface area contributed by atoms with Crippen LogP contribution in [0, 0.1) is 12.7 Å². The lowest BCUT2D eigenvalue weighted by atomic mass is 10.1. The first-order chi connectivity index (χ1) is 14.0. The van der Waals surface area contributed by atoms with Gasteiger partial charge in [0, 0.05) is 22.3 Å². The predicted octanol–water partition coefficient (Wildman–Crippen LogP) is 7.14. The van der Waals surface area contributed by atoms with E-state index in [0.29, 0.717) is 35.2 Å². The highest BCUT2D eigenvalue weighted by atomic mass is 79.9. The van der Waals surface area contributed by atoms with E-state index in [9.17, 15) is 4.39 Å². The number of aryl methyl sites for hydroxylation is 1. The van der Waals surface area contributed by atoms with Crippen molar-refractivity contribution >= 4 is 33.2 Å². The summed E-state index contributed by atoms with van der Waals surface area (Å²) in [4.78, 5) is 0. The Hall–Kier alpha value is -2.24. The lowest BCUT2D eigenvalue weighted by molar-refractivity contribution is 0.269. The van der Waals surface area contributed by atoms with Crippen molar-refractivity contribution in [3.8, 4) is 11.5 Å². The summed E-state index contributed by atoms with van der Waals surface area (Å²) < 4.78 is 25.8. The molecule has 0 heterocycles. The molecule has 29 heavy (non-hydrogen) atoms. The number of hydrogen-bond acceptors (Lipinski definition) is 3. The van der Waals surface area contributed by atoms with Gasteiger partial charge in [0.2, 0.25) is 0 Å². The van der Waals surface area contributed by atoms with E-state index in [1.54, 1.807) is 6.07 Å². The van der Waals surface area contributed by atoms with Crippen LogP contribution in [0.4, 0.5) is 10.1 Å². The summed E-state index contributed by atoms with van der Waals surface area (Å²) in [5.41, 5.74) is 4.02. The lowest BCUT2D eigenvalue weighted by Gasteiger charge is -2.16. The Kier molecular flexibility index (Phi) is 7.40. The highest BCUT2D eigenvalue weighted by molar-refractivity contribution is 9.10. The summed E-state index contributed by atoms with van der Waals surface area (Å²) in [6.07, 6.45) is 0. The van der Waals surface area contributed by atoms with Crippen molar-refractivity contribution in [3.63, 3.8) is 0 Å². The van der Waals surface area contributed by atoms with Crippen molar-refractivity contribution in [2.24, 2.45) is 0 Å². The van der Waals surface area contributed by atoms with E-state index in [1.165, 1.54) is 17.7 Å². The van der Waals surface area contributed by atoms with Gasteiger partial charge in [0.25, 0.3) is 0 Å². The van der Waals surface area contributed by atoms with E-state index in [-0.39, 0.29) is 12.4 Å². The zero-order valence-corrected chi connectivity index (χ0v) is 18.6. The molecule has 0 saturated carbocycles. The standard InChI is InChI=1S/C23H22BrClFNO2/c1-3-28-22-10-17(13-27-19-8-4-15(2)5-9-19)20(24)12-23(22)29-14-16-6-7-18(26)11-21(16)25/h4-12,27H,3,13-14H2,1-2H3. The van der Waals surface area contributed by atoms with Crippen LogP contribution in [0.3, 0.4) is 0 Å². The molecule has 0 spiro atoms. The average molecular weight is 479 g/mol. The molecule has 0 radical (unpaired) electrons. The number of rotatable bonds is 8. The van der Waals surface area contributed by atoms with Crippen molar-refractivity contribution in [2.75, 3.05) is 11.9 Å². The molecule has 0 aliphatic heterocycles. The maximum atomic E-state index is 13.2. The third-order valence-corrected chi connectivity index (χ3v) is 5.44. The molecule has 3 aromatic rings. The molecule has 0 unspecified atom stereocenters. The molecule has 0 amide bonds. The summed E-state index contributed by atoms with van der Waals surface area (Å²) >= 11 is 9.71. The molecule has 0 bridgehead atoms. The molecule has 0 aliphatic rings. The second-order valence-electron chi connectivity index (χ2n) is 6.57. The molecule has 3 rings (SSSR count). The first-order valence-electron chi connectivity index (χ1n) is 9.28. The Morgan fingerprint density at radius 3 is 2.38 bits per heavy atom. The van der Waals surface area contributed by atoms with E-state index in [2.05, 4.69) is 52.4 Å². The number of anilines is 1. The highest BCUT2D eigenvalue weighted by Crippen LogP contribution is 2.35. The van der Waals surface area contributed by atoms with Gasteiger partial charge in [-0.05, 0) is 55.8 Å². The van der Waals surface area contributed by atoms with Crippen molar-refractivity contribution in [1.82, 2.24) is 0 Å². The molecule has 6 heteroatoms.